The zero-order chi connectivity index (χ0) is 17.5. The lowest BCUT2D eigenvalue weighted by Crippen LogP contribution is -2.32. The molecule has 2 aromatic rings. The third-order valence-electron chi connectivity index (χ3n) is 3.77. The Labute approximate surface area is 141 Å². The first-order valence-electron chi connectivity index (χ1n) is 7.89. The minimum absolute atomic E-state index is 0.00215. The standard InChI is InChI=1S/C17H24N6O/c1-12-22-16(24)15(11-23(12)2)14-6-4-13(5-7-14)10-20-8-3-9-21-17(18)19/h4-7,11,20H,3,8-10H2,1-2H3,(H4,18,19,21). The van der Waals surface area contributed by atoms with Crippen LogP contribution in [-0.4, -0.2) is 28.6 Å². The summed E-state index contributed by atoms with van der Waals surface area (Å²) in [5.41, 5.74) is 7.64. The van der Waals surface area contributed by atoms with Gasteiger partial charge < -0.3 is 20.9 Å². The lowest BCUT2D eigenvalue weighted by molar-refractivity contribution is 0.639. The van der Waals surface area contributed by atoms with Crippen LogP contribution < -0.4 is 21.9 Å². The summed E-state index contributed by atoms with van der Waals surface area (Å²) < 4.78 is 1.85. The van der Waals surface area contributed by atoms with Crippen molar-refractivity contribution in [3.63, 3.8) is 0 Å². The lowest BCUT2D eigenvalue weighted by Gasteiger charge is -2.08. The van der Waals surface area contributed by atoms with Gasteiger partial charge in [-0.05, 0) is 31.0 Å². The minimum atomic E-state index is -0.200. The number of nitrogens with one attached hydrogen (secondary N) is 3. The molecular weight excluding hydrogens is 304 g/mol. The van der Waals surface area contributed by atoms with Gasteiger partial charge in [0.15, 0.2) is 5.96 Å². The van der Waals surface area contributed by atoms with Crippen molar-refractivity contribution in [2.75, 3.05) is 13.1 Å². The van der Waals surface area contributed by atoms with Crippen molar-refractivity contribution in [3.05, 3.63) is 52.2 Å². The number of rotatable bonds is 7. The smallest absolute Gasteiger partial charge is 0.280 e. The van der Waals surface area contributed by atoms with Gasteiger partial charge in [0.25, 0.3) is 5.56 Å². The van der Waals surface area contributed by atoms with Gasteiger partial charge in [-0.3, -0.25) is 10.2 Å². The van der Waals surface area contributed by atoms with E-state index in [1.165, 1.54) is 0 Å². The molecule has 0 aliphatic heterocycles. The van der Waals surface area contributed by atoms with Gasteiger partial charge in [-0.15, -0.1) is 0 Å². The normalized spacial score (nSPS) is 10.6. The van der Waals surface area contributed by atoms with Crippen LogP contribution in [0.1, 0.15) is 17.8 Å². The van der Waals surface area contributed by atoms with E-state index in [1.54, 1.807) is 0 Å². The molecule has 24 heavy (non-hydrogen) atoms. The summed E-state index contributed by atoms with van der Waals surface area (Å²) in [6.07, 6.45) is 2.71. The number of aromatic nitrogens is 2. The molecule has 0 unspecified atom stereocenters. The van der Waals surface area contributed by atoms with E-state index < -0.39 is 0 Å². The first kappa shape index (κ1) is 17.7. The summed E-state index contributed by atoms with van der Waals surface area (Å²) in [5, 5.41) is 13.2. The molecule has 7 nitrogen and oxygen atoms in total. The summed E-state index contributed by atoms with van der Waals surface area (Å²) in [6, 6.07) is 7.91. The van der Waals surface area contributed by atoms with E-state index in [0.29, 0.717) is 17.9 Å². The van der Waals surface area contributed by atoms with Crippen molar-refractivity contribution in [2.24, 2.45) is 12.8 Å². The van der Waals surface area contributed by atoms with Crippen molar-refractivity contribution < 1.29 is 0 Å². The van der Waals surface area contributed by atoms with Gasteiger partial charge in [-0.1, -0.05) is 24.3 Å². The van der Waals surface area contributed by atoms with Crippen molar-refractivity contribution in [2.45, 2.75) is 19.9 Å². The van der Waals surface area contributed by atoms with Crippen LogP contribution in [0.25, 0.3) is 11.1 Å². The molecule has 0 saturated carbocycles. The highest BCUT2D eigenvalue weighted by Gasteiger charge is 2.06. The second kappa shape index (κ2) is 8.26. The Balaban J connectivity index is 1.90. The van der Waals surface area contributed by atoms with E-state index in [1.807, 2.05) is 49.0 Å². The highest BCUT2D eigenvalue weighted by molar-refractivity contribution is 5.74. The fourth-order valence-electron chi connectivity index (χ4n) is 2.30. The van der Waals surface area contributed by atoms with Gasteiger partial charge >= 0.3 is 0 Å². The van der Waals surface area contributed by atoms with Crippen LogP contribution in [0, 0.1) is 12.3 Å². The lowest BCUT2D eigenvalue weighted by atomic mass is 10.1. The minimum Gasteiger partial charge on any atom is -0.370 e. The quantitative estimate of drug-likeness (QED) is 0.340. The molecule has 1 aromatic carbocycles. The molecule has 0 spiro atoms. The highest BCUT2D eigenvalue weighted by atomic mass is 16.1. The summed E-state index contributed by atoms with van der Waals surface area (Å²) >= 11 is 0. The summed E-state index contributed by atoms with van der Waals surface area (Å²) in [6.45, 7) is 4.09. The molecule has 0 saturated heterocycles. The van der Waals surface area contributed by atoms with E-state index >= 15 is 0 Å². The average molecular weight is 328 g/mol. The SMILES string of the molecule is Cc1nc(=O)c(-c2ccc(CNCCCNC(=N)N)cc2)cn1C. The van der Waals surface area contributed by atoms with Crippen LogP contribution in [0.2, 0.25) is 0 Å². The Kier molecular flexibility index (Phi) is 6.08. The largest absolute Gasteiger partial charge is 0.370 e. The molecule has 0 aliphatic rings. The predicted octanol–water partition coefficient (Wildman–Crippen LogP) is 0.718. The number of nitrogens with zero attached hydrogens (tertiary/aromatic N) is 2. The van der Waals surface area contributed by atoms with Gasteiger partial charge in [0.05, 0.1) is 5.56 Å². The van der Waals surface area contributed by atoms with E-state index in [4.69, 9.17) is 11.1 Å². The van der Waals surface area contributed by atoms with Gasteiger partial charge in [0.1, 0.15) is 5.82 Å². The molecule has 0 amide bonds. The Hall–Kier alpha value is -2.67. The molecule has 7 heteroatoms. The molecule has 1 aromatic heterocycles. The molecule has 5 N–H and O–H groups in total. The van der Waals surface area contributed by atoms with Crippen molar-refractivity contribution >= 4 is 5.96 Å². The van der Waals surface area contributed by atoms with E-state index in [-0.39, 0.29) is 11.5 Å². The molecule has 128 valence electrons. The number of guanidine groups is 1. The van der Waals surface area contributed by atoms with Gasteiger partial charge in [-0.25, -0.2) is 0 Å². The van der Waals surface area contributed by atoms with E-state index in [0.717, 1.165) is 30.6 Å². The predicted molar refractivity (Wildman–Crippen MR) is 95.9 cm³/mol. The Bertz CT molecular complexity index is 751. The Morgan fingerprint density at radius 1 is 1.29 bits per heavy atom. The van der Waals surface area contributed by atoms with Gasteiger partial charge in [-0.2, -0.15) is 4.98 Å². The molecule has 0 bridgehead atoms. The number of aryl methyl sites for hydroxylation is 2. The maximum absolute atomic E-state index is 12.0. The number of hydrogen-bond donors (Lipinski definition) is 4. The second-order valence-electron chi connectivity index (χ2n) is 5.69. The third-order valence-corrected chi connectivity index (χ3v) is 3.77. The third kappa shape index (κ3) is 4.92. The first-order chi connectivity index (χ1) is 11.5. The van der Waals surface area contributed by atoms with Gasteiger partial charge in [0, 0.05) is 26.3 Å². The summed E-state index contributed by atoms with van der Waals surface area (Å²) in [7, 11) is 1.88. The van der Waals surface area contributed by atoms with Crippen LogP contribution in [0.4, 0.5) is 0 Å². The van der Waals surface area contributed by atoms with E-state index in [2.05, 4.69) is 15.6 Å². The molecule has 2 rings (SSSR count). The van der Waals surface area contributed by atoms with Crippen molar-refractivity contribution in [1.82, 2.24) is 20.2 Å². The Morgan fingerprint density at radius 2 is 2.00 bits per heavy atom. The van der Waals surface area contributed by atoms with Crippen molar-refractivity contribution in [3.8, 4) is 11.1 Å². The maximum Gasteiger partial charge on any atom is 0.280 e. The molecular formula is C17H24N6O. The van der Waals surface area contributed by atoms with Crippen LogP contribution >= 0.6 is 0 Å². The van der Waals surface area contributed by atoms with Crippen LogP contribution in [0.3, 0.4) is 0 Å². The molecule has 0 aliphatic carbocycles. The zero-order valence-electron chi connectivity index (χ0n) is 14.1. The van der Waals surface area contributed by atoms with Crippen LogP contribution in [-0.2, 0) is 13.6 Å². The van der Waals surface area contributed by atoms with Gasteiger partial charge in [0.2, 0.25) is 0 Å². The van der Waals surface area contributed by atoms with Crippen molar-refractivity contribution in [1.29, 1.82) is 5.41 Å². The molecule has 0 radical (unpaired) electrons. The molecule has 0 atom stereocenters. The topological polar surface area (TPSA) is 109 Å². The maximum atomic E-state index is 12.0. The van der Waals surface area contributed by atoms with Crippen LogP contribution in [0.5, 0.6) is 0 Å². The highest BCUT2D eigenvalue weighted by Crippen LogP contribution is 2.15. The number of hydrogen-bond acceptors (Lipinski definition) is 4. The van der Waals surface area contributed by atoms with Crippen LogP contribution in [0.15, 0.2) is 35.3 Å². The number of benzene rings is 1. The fourth-order valence-corrected chi connectivity index (χ4v) is 2.30. The molecule has 1 heterocycles. The monoisotopic (exact) mass is 328 g/mol. The summed E-state index contributed by atoms with van der Waals surface area (Å²) in [5.74, 6) is 0.700. The van der Waals surface area contributed by atoms with E-state index in [9.17, 15) is 4.79 Å². The first-order valence-corrected chi connectivity index (χ1v) is 7.89. The average Bonchev–Trinajstić information content (AvgIpc) is 2.54. The molecule has 0 fully saturated rings. The second-order valence-corrected chi connectivity index (χ2v) is 5.69. The summed E-state index contributed by atoms with van der Waals surface area (Å²) in [4.78, 5) is 16.1. The fraction of sp³-hybridized carbons (Fsp3) is 0.353. The number of nitrogens with two attached hydrogens (primary N) is 1. The Morgan fingerprint density at radius 3 is 2.67 bits per heavy atom. The zero-order valence-corrected chi connectivity index (χ0v) is 14.1.